The zero-order valence-electron chi connectivity index (χ0n) is 12.2. The number of rotatable bonds is 2. The van der Waals surface area contributed by atoms with Gasteiger partial charge in [-0.1, -0.05) is 20.8 Å². The summed E-state index contributed by atoms with van der Waals surface area (Å²) in [4.78, 5) is 0. The van der Waals surface area contributed by atoms with E-state index in [0.717, 1.165) is 6.42 Å². The molecule has 1 aromatic carbocycles. The van der Waals surface area contributed by atoms with E-state index in [4.69, 9.17) is 0 Å². The molecule has 0 aliphatic heterocycles. The van der Waals surface area contributed by atoms with Crippen LogP contribution in [-0.2, 0) is 0 Å². The van der Waals surface area contributed by atoms with E-state index in [1.165, 1.54) is 0 Å². The van der Waals surface area contributed by atoms with Gasteiger partial charge in [0.2, 0.25) is 5.82 Å². The lowest BCUT2D eigenvalue weighted by molar-refractivity contribution is 0.177. The van der Waals surface area contributed by atoms with E-state index in [-0.39, 0.29) is 11.5 Å². The minimum absolute atomic E-state index is 0.0423. The Bertz CT molecular complexity index is 526. The highest BCUT2D eigenvalue weighted by molar-refractivity contribution is 5.48. The molecule has 1 N–H and O–H groups in total. The van der Waals surface area contributed by atoms with Crippen molar-refractivity contribution >= 4 is 5.69 Å². The molecule has 1 aromatic rings. The van der Waals surface area contributed by atoms with Crippen LogP contribution in [0.3, 0.4) is 0 Å². The second-order valence-corrected chi connectivity index (χ2v) is 6.70. The van der Waals surface area contributed by atoms with E-state index in [2.05, 4.69) is 5.32 Å². The maximum atomic E-state index is 13.7. The molecule has 1 aliphatic rings. The van der Waals surface area contributed by atoms with Gasteiger partial charge >= 0.3 is 0 Å². The van der Waals surface area contributed by atoms with E-state index in [9.17, 15) is 22.0 Å². The molecule has 1 fully saturated rings. The van der Waals surface area contributed by atoms with Crippen molar-refractivity contribution in [2.75, 3.05) is 5.32 Å². The Morgan fingerprint density at radius 2 is 1.33 bits per heavy atom. The standard InChI is InChI=1S/C15H18F5N/c1-7-4-8(6-15(2,3)5-7)21-14-12(19)10(17)9(16)11(18)13(14)20/h7-8,21H,4-6H2,1-3H3. The number of hydrogen-bond donors (Lipinski definition) is 1. The van der Waals surface area contributed by atoms with Gasteiger partial charge in [0.25, 0.3) is 0 Å². The van der Waals surface area contributed by atoms with Crippen LogP contribution in [0.5, 0.6) is 0 Å². The summed E-state index contributed by atoms with van der Waals surface area (Å²) >= 11 is 0. The molecule has 0 bridgehead atoms. The van der Waals surface area contributed by atoms with Crippen LogP contribution in [0.4, 0.5) is 27.6 Å². The first-order valence-corrected chi connectivity index (χ1v) is 6.90. The number of anilines is 1. The smallest absolute Gasteiger partial charge is 0.200 e. The second kappa shape index (κ2) is 5.46. The van der Waals surface area contributed by atoms with E-state index in [0.29, 0.717) is 18.8 Å². The summed E-state index contributed by atoms with van der Waals surface area (Å²) in [7, 11) is 0. The third-order valence-corrected chi connectivity index (χ3v) is 3.95. The van der Waals surface area contributed by atoms with Crippen LogP contribution in [0.1, 0.15) is 40.0 Å². The average Bonchev–Trinajstić information content (AvgIpc) is 2.37. The number of nitrogens with one attached hydrogen (secondary N) is 1. The van der Waals surface area contributed by atoms with Gasteiger partial charge in [-0.3, -0.25) is 0 Å². The Morgan fingerprint density at radius 1 is 0.857 bits per heavy atom. The Balaban J connectivity index is 2.32. The quantitative estimate of drug-likeness (QED) is 0.460. The summed E-state index contributed by atoms with van der Waals surface area (Å²) < 4.78 is 66.7. The van der Waals surface area contributed by atoms with Crippen LogP contribution in [0.15, 0.2) is 0 Å². The maximum Gasteiger partial charge on any atom is 0.200 e. The lowest BCUT2D eigenvalue weighted by atomic mass is 9.70. The summed E-state index contributed by atoms with van der Waals surface area (Å²) in [6.07, 6.45) is 2.20. The molecule has 0 radical (unpaired) electrons. The van der Waals surface area contributed by atoms with Crippen LogP contribution < -0.4 is 5.32 Å². The van der Waals surface area contributed by atoms with Gasteiger partial charge in [0.05, 0.1) is 0 Å². The van der Waals surface area contributed by atoms with E-state index < -0.39 is 34.8 Å². The SMILES string of the molecule is CC1CC(Nc2c(F)c(F)c(F)c(F)c2F)CC(C)(C)C1. The van der Waals surface area contributed by atoms with E-state index in [1.807, 2.05) is 20.8 Å². The van der Waals surface area contributed by atoms with Crippen molar-refractivity contribution in [3.63, 3.8) is 0 Å². The number of halogens is 5. The molecule has 1 saturated carbocycles. The van der Waals surface area contributed by atoms with E-state index >= 15 is 0 Å². The van der Waals surface area contributed by atoms with Crippen molar-refractivity contribution in [1.82, 2.24) is 0 Å². The molecule has 118 valence electrons. The Labute approximate surface area is 120 Å². The minimum Gasteiger partial charge on any atom is -0.377 e. The summed E-state index contributed by atoms with van der Waals surface area (Å²) in [5.41, 5.74) is -0.972. The Kier molecular flexibility index (Phi) is 4.17. The van der Waals surface area contributed by atoms with Crippen molar-refractivity contribution in [3.05, 3.63) is 29.1 Å². The maximum absolute atomic E-state index is 13.7. The zero-order chi connectivity index (χ0) is 15.9. The van der Waals surface area contributed by atoms with Gasteiger partial charge in [0, 0.05) is 6.04 Å². The third-order valence-electron chi connectivity index (χ3n) is 3.95. The van der Waals surface area contributed by atoms with Crippen molar-refractivity contribution in [2.45, 2.75) is 46.1 Å². The highest BCUT2D eigenvalue weighted by atomic mass is 19.2. The second-order valence-electron chi connectivity index (χ2n) is 6.70. The first-order chi connectivity index (χ1) is 9.62. The molecule has 1 nitrogen and oxygen atoms in total. The predicted molar refractivity (Wildman–Crippen MR) is 70.4 cm³/mol. The predicted octanol–water partition coefficient (Wildman–Crippen LogP) is 5.01. The van der Waals surface area contributed by atoms with Crippen molar-refractivity contribution in [1.29, 1.82) is 0 Å². The molecular formula is C15H18F5N. The zero-order valence-corrected chi connectivity index (χ0v) is 12.2. The van der Waals surface area contributed by atoms with Gasteiger partial charge in [-0.2, -0.15) is 0 Å². The lowest BCUT2D eigenvalue weighted by Crippen LogP contribution is -2.36. The summed E-state index contributed by atoms with van der Waals surface area (Å²) in [5.74, 6) is -9.26. The highest BCUT2D eigenvalue weighted by Crippen LogP contribution is 2.40. The summed E-state index contributed by atoms with van der Waals surface area (Å²) in [6, 6.07) is -0.322. The van der Waals surface area contributed by atoms with Crippen molar-refractivity contribution in [3.8, 4) is 0 Å². The van der Waals surface area contributed by atoms with Crippen LogP contribution in [0, 0.1) is 40.4 Å². The van der Waals surface area contributed by atoms with Gasteiger partial charge in [-0.25, -0.2) is 22.0 Å². The molecule has 2 rings (SSSR count). The summed E-state index contributed by atoms with van der Waals surface area (Å²) in [6.45, 7) is 6.06. The van der Waals surface area contributed by atoms with Gasteiger partial charge in [-0.05, 0) is 30.6 Å². The van der Waals surface area contributed by atoms with Crippen LogP contribution >= 0.6 is 0 Å². The van der Waals surface area contributed by atoms with Crippen molar-refractivity contribution in [2.24, 2.45) is 11.3 Å². The minimum atomic E-state index is -2.13. The third kappa shape index (κ3) is 3.14. The van der Waals surface area contributed by atoms with Gasteiger partial charge in [0.15, 0.2) is 23.3 Å². The summed E-state index contributed by atoms with van der Waals surface area (Å²) in [5, 5.41) is 2.52. The molecule has 0 amide bonds. The molecular weight excluding hydrogens is 289 g/mol. The van der Waals surface area contributed by atoms with Crippen LogP contribution in [0.2, 0.25) is 0 Å². The van der Waals surface area contributed by atoms with Gasteiger partial charge < -0.3 is 5.32 Å². The van der Waals surface area contributed by atoms with Crippen molar-refractivity contribution < 1.29 is 22.0 Å². The van der Waals surface area contributed by atoms with E-state index in [1.54, 1.807) is 0 Å². The normalized spacial score (nSPS) is 25.0. The first-order valence-electron chi connectivity index (χ1n) is 6.90. The molecule has 2 unspecified atom stereocenters. The Morgan fingerprint density at radius 3 is 1.81 bits per heavy atom. The number of benzene rings is 1. The fourth-order valence-corrected chi connectivity index (χ4v) is 3.39. The van der Waals surface area contributed by atoms with Gasteiger partial charge in [-0.15, -0.1) is 0 Å². The van der Waals surface area contributed by atoms with Crippen LogP contribution in [0.25, 0.3) is 0 Å². The number of hydrogen-bond acceptors (Lipinski definition) is 1. The first kappa shape index (κ1) is 16.0. The largest absolute Gasteiger partial charge is 0.377 e. The topological polar surface area (TPSA) is 12.0 Å². The molecule has 21 heavy (non-hydrogen) atoms. The molecule has 0 heterocycles. The van der Waals surface area contributed by atoms with Gasteiger partial charge in [0.1, 0.15) is 5.69 Å². The average molecular weight is 307 g/mol. The molecule has 0 aromatic heterocycles. The molecule has 0 saturated heterocycles. The molecule has 6 heteroatoms. The monoisotopic (exact) mass is 307 g/mol. The fourth-order valence-electron chi connectivity index (χ4n) is 3.39. The Hall–Kier alpha value is -1.33. The van der Waals surface area contributed by atoms with Crippen LogP contribution in [-0.4, -0.2) is 6.04 Å². The lowest BCUT2D eigenvalue weighted by Gasteiger charge is -2.39. The molecule has 0 spiro atoms. The molecule has 1 aliphatic carbocycles. The molecule has 2 atom stereocenters. The highest BCUT2D eigenvalue weighted by Gasteiger charge is 2.34. The fraction of sp³-hybridized carbons (Fsp3) is 0.600.